The van der Waals surface area contributed by atoms with Crippen LogP contribution in [0.15, 0.2) is 72.1 Å². The molecule has 0 radical (unpaired) electrons. The number of carbonyl (C=O) groups is 1. The molecule has 0 aliphatic carbocycles. The molecule has 1 amide bonds. The highest BCUT2D eigenvalue weighted by Crippen LogP contribution is 2.23. The molecule has 1 heterocycles. The zero-order valence-electron chi connectivity index (χ0n) is 14.9. The minimum Gasteiger partial charge on any atom is -0.352 e. The molecule has 0 saturated heterocycles. The van der Waals surface area contributed by atoms with Crippen LogP contribution in [0.25, 0.3) is 0 Å². The maximum atomic E-state index is 12.4. The summed E-state index contributed by atoms with van der Waals surface area (Å²) >= 11 is 6.12. The van der Waals surface area contributed by atoms with Crippen LogP contribution in [0, 0.1) is 0 Å². The van der Waals surface area contributed by atoms with E-state index in [4.69, 9.17) is 11.6 Å². The Balaban J connectivity index is 1.64. The van der Waals surface area contributed by atoms with Gasteiger partial charge in [0.25, 0.3) is 15.9 Å². The monoisotopic (exact) mass is 418 g/mol. The number of halogens is 1. The summed E-state index contributed by atoms with van der Waals surface area (Å²) in [5.41, 5.74) is 0.467. The average molecular weight is 419 g/mol. The first-order valence-corrected chi connectivity index (χ1v) is 10.4. The van der Waals surface area contributed by atoms with Gasteiger partial charge in [0, 0.05) is 31.2 Å². The highest BCUT2D eigenvalue weighted by atomic mass is 35.5. The quantitative estimate of drug-likeness (QED) is 0.549. The molecule has 3 rings (SSSR count). The third-order valence-corrected chi connectivity index (χ3v) is 5.68. The molecule has 0 atom stereocenters. The fraction of sp³-hybridized carbons (Fsp3) is 0.158. The number of sulfonamides is 1. The van der Waals surface area contributed by atoms with Crippen LogP contribution in [-0.2, 0) is 16.6 Å². The van der Waals surface area contributed by atoms with Crippen molar-refractivity contribution in [3.63, 3.8) is 0 Å². The van der Waals surface area contributed by atoms with E-state index >= 15 is 0 Å². The molecule has 0 unspecified atom stereocenters. The molecule has 0 spiro atoms. The molecule has 9 heteroatoms. The molecule has 0 aliphatic heterocycles. The van der Waals surface area contributed by atoms with Crippen molar-refractivity contribution in [3.05, 3.63) is 77.8 Å². The first-order valence-electron chi connectivity index (χ1n) is 8.57. The Hall–Kier alpha value is -2.84. The third-order valence-electron chi connectivity index (χ3n) is 3.95. The number of aromatic nitrogens is 2. The highest BCUT2D eigenvalue weighted by molar-refractivity contribution is 7.92. The van der Waals surface area contributed by atoms with Crippen LogP contribution >= 0.6 is 11.6 Å². The van der Waals surface area contributed by atoms with Crippen LogP contribution in [0.2, 0.25) is 5.02 Å². The van der Waals surface area contributed by atoms with E-state index in [1.165, 1.54) is 30.3 Å². The van der Waals surface area contributed by atoms with Crippen LogP contribution in [-0.4, -0.2) is 30.4 Å². The van der Waals surface area contributed by atoms with E-state index in [0.717, 1.165) is 13.0 Å². The Labute approximate surface area is 168 Å². The predicted octanol–water partition coefficient (Wildman–Crippen LogP) is 3.16. The van der Waals surface area contributed by atoms with E-state index in [0.29, 0.717) is 6.54 Å². The van der Waals surface area contributed by atoms with Crippen LogP contribution < -0.4 is 10.0 Å². The van der Waals surface area contributed by atoms with Gasteiger partial charge in [0.05, 0.1) is 21.8 Å². The van der Waals surface area contributed by atoms with E-state index in [-0.39, 0.29) is 27.1 Å². The molecule has 0 bridgehead atoms. The van der Waals surface area contributed by atoms with E-state index in [9.17, 15) is 13.2 Å². The zero-order valence-corrected chi connectivity index (χ0v) is 16.4. The largest absolute Gasteiger partial charge is 0.352 e. The Morgan fingerprint density at radius 1 is 1.14 bits per heavy atom. The van der Waals surface area contributed by atoms with Crippen molar-refractivity contribution >= 4 is 33.2 Å². The topological polar surface area (TPSA) is 93.1 Å². The van der Waals surface area contributed by atoms with Crippen molar-refractivity contribution in [1.29, 1.82) is 0 Å². The molecule has 0 fully saturated rings. The second-order valence-corrected chi connectivity index (χ2v) is 8.11. The van der Waals surface area contributed by atoms with Gasteiger partial charge in [-0.15, -0.1) is 0 Å². The van der Waals surface area contributed by atoms with E-state index in [1.54, 1.807) is 30.7 Å². The minimum absolute atomic E-state index is 0.135. The number of anilines is 1. The number of nitrogens with zero attached hydrogens (tertiary/aromatic N) is 2. The van der Waals surface area contributed by atoms with Gasteiger partial charge in [0.1, 0.15) is 0 Å². The summed E-state index contributed by atoms with van der Waals surface area (Å²) in [5.74, 6) is -0.364. The van der Waals surface area contributed by atoms with Gasteiger partial charge in [-0.1, -0.05) is 29.8 Å². The molecule has 28 heavy (non-hydrogen) atoms. The first-order chi connectivity index (χ1) is 13.5. The Morgan fingerprint density at radius 2 is 1.93 bits per heavy atom. The van der Waals surface area contributed by atoms with Gasteiger partial charge in [0.15, 0.2) is 0 Å². The number of carbonyl (C=O) groups excluding carboxylic acids is 1. The summed E-state index contributed by atoms with van der Waals surface area (Å²) in [7, 11) is -3.75. The van der Waals surface area contributed by atoms with Crippen molar-refractivity contribution in [2.24, 2.45) is 0 Å². The van der Waals surface area contributed by atoms with Crippen LogP contribution in [0.3, 0.4) is 0 Å². The van der Waals surface area contributed by atoms with Gasteiger partial charge in [-0.05, 0) is 36.8 Å². The summed E-state index contributed by atoms with van der Waals surface area (Å²) in [4.78, 5) is 16.5. The molecule has 146 valence electrons. The lowest BCUT2D eigenvalue weighted by molar-refractivity contribution is 0.0953. The number of rotatable bonds is 8. The maximum absolute atomic E-state index is 12.4. The molecule has 2 N–H and O–H groups in total. The normalized spacial score (nSPS) is 11.2. The Morgan fingerprint density at radius 3 is 2.64 bits per heavy atom. The van der Waals surface area contributed by atoms with E-state index in [2.05, 4.69) is 15.0 Å². The molecule has 3 aromatic rings. The summed E-state index contributed by atoms with van der Waals surface area (Å²) < 4.78 is 29.3. The fourth-order valence-electron chi connectivity index (χ4n) is 2.55. The van der Waals surface area contributed by atoms with Crippen molar-refractivity contribution < 1.29 is 13.2 Å². The number of amides is 1. The first kappa shape index (κ1) is 19.9. The zero-order chi connectivity index (χ0) is 20.0. The predicted molar refractivity (Wildman–Crippen MR) is 108 cm³/mol. The molecule has 0 aliphatic rings. The lowest BCUT2D eigenvalue weighted by Gasteiger charge is -2.11. The standard InChI is InChI=1S/C19H19ClN4O3S/c20-18-8-7-15(23-28(26,27)16-5-2-1-3-6-16)13-17(18)19(25)22-9-4-11-24-12-10-21-14-24/h1-3,5-8,10,12-14,23H,4,9,11H2,(H,22,25). The number of hydrogen-bond donors (Lipinski definition) is 2. The lowest BCUT2D eigenvalue weighted by Crippen LogP contribution is -2.25. The van der Waals surface area contributed by atoms with Gasteiger partial charge in [-0.25, -0.2) is 13.4 Å². The van der Waals surface area contributed by atoms with Gasteiger partial charge in [-0.3, -0.25) is 9.52 Å². The number of hydrogen-bond acceptors (Lipinski definition) is 4. The third kappa shape index (κ3) is 5.11. The number of nitrogens with one attached hydrogen (secondary N) is 2. The second-order valence-electron chi connectivity index (χ2n) is 6.02. The highest BCUT2D eigenvalue weighted by Gasteiger charge is 2.16. The lowest BCUT2D eigenvalue weighted by atomic mass is 10.2. The van der Waals surface area contributed by atoms with E-state index in [1.807, 2.05) is 10.8 Å². The van der Waals surface area contributed by atoms with Gasteiger partial charge < -0.3 is 9.88 Å². The van der Waals surface area contributed by atoms with Gasteiger partial charge in [0.2, 0.25) is 0 Å². The van der Waals surface area contributed by atoms with Crippen LogP contribution in [0.4, 0.5) is 5.69 Å². The smallest absolute Gasteiger partial charge is 0.261 e. The molecule has 0 saturated carbocycles. The van der Waals surface area contributed by atoms with Gasteiger partial charge >= 0.3 is 0 Å². The molecule has 1 aromatic heterocycles. The molecular weight excluding hydrogens is 400 g/mol. The number of benzene rings is 2. The molecule has 2 aromatic carbocycles. The minimum atomic E-state index is -3.75. The van der Waals surface area contributed by atoms with Crippen molar-refractivity contribution in [2.75, 3.05) is 11.3 Å². The SMILES string of the molecule is O=C(NCCCn1ccnc1)c1cc(NS(=O)(=O)c2ccccc2)ccc1Cl. The fourth-order valence-corrected chi connectivity index (χ4v) is 3.83. The van der Waals surface area contributed by atoms with Gasteiger partial charge in [-0.2, -0.15) is 0 Å². The van der Waals surface area contributed by atoms with Crippen molar-refractivity contribution in [3.8, 4) is 0 Å². The average Bonchev–Trinajstić information content (AvgIpc) is 3.20. The number of aryl methyl sites for hydroxylation is 1. The maximum Gasteiger partial charge on any atom is 0.261 e. The summed E-state index contributed by atoms with van der Waals surface area (Å²) in [6.45, 7) is 1.18. The Bertz CT molecular complexity index is 1040. The summed E-state index contributed by atoms with van der Waals surface area (Å²) in [6, 6.07) is 12.4. The van der Waals surface area contributed by atoms with E-state index < -0.39 is 10.0 Å². The second kappa shape index (κ2) is 8.90. The van der Waals surface area contributed by atoms with Crippen molar-refractivity contribution in [1.82, 2.24) is 14.9 Å². The molecule has 7 nitrogen and oxygen atoms in total. The summed E-state index contributed by atoms with van der Waals surface area (Å²) in [6.07, 6.45) is 5.97. The van der Waals surface area contributed by atoms with Crippen LogP contribution in [0.5, 0.6) is 0 Å². The Kier molecular flexibility index (Phi) is 6.33. The number of imidazole rings is 1. The molecular formula is C19H19ClN4O3S. The van der Waals surface area contributed by atoms with Crippen LogP contribution in [0.1, 0.15) is 16.8 Å². The summed E-state index contributed by atoms with van der Waals surface area (Å²) in [5, 5.41) is 3.03. The van der Waals surface area contributed by atoms with Crippen molar-refractivity contribution in [2.45, 2.75) is 17.9 Å².